The lowest BCUT2D eigenvalue weighted by molar-refractivity contribution is 0.0978. The summed E-state index contributed by atoms with van der Waals surface area (Å²) in [5.41, 5.74) is 2.27. The molecule has 18 heavy (non-hydrogen) atoms. The van der Waals surface area contributed by atoms with E-state index in [-0.39, 0.29) is 5.54 Å². The number of hydrogen-bond donors (Lipinski definition) is 3. The van der Waals surface area contributed by atoms with Crippen LogP contribution in [0, 0.1) is 0 Å². The van der Waals surface area contributed by atoms with Gasteiger partial charge in [-0.25, -0.2) is 0 Å². The topological polar surface area (TPSA) is 48.0 Å². The summed E-state index contributed by atoms with van der Waals surface area (Å²) in [6.45, 7) is 6.16. The summed E-state index contributed by atoms with van der Waals surface area (Å²) in [4.78, 5) is 3.37. The lowest BCUT2D eigenvalue weighted by Crippen LogP contribution is -2.43. The van der Waals surface area contributed by atoms with Gasteiger partial charge < -0.3 is 10.1 Å². The number of rotatable bonds is 4. The van der Waals surface area contributed by atoms with Gasteiger partial charge in [0.1, 0.15) is 6.23 Å². The molecule has 0 fully saturated rings. The van der Waals surface area contributed by atoms with Gasteiger partial charge in [0.15, 0.2) is 0 Å². The second-order valence-electron chi connectivity index (χ2n) is 5.83. The van der Waals surface area contributed by atoms with Crippen molar-refractivity contribution in [2.45, 2.75) is 45.4 Å². The number of aryl methyl sites for hydroxylation is 1. The van der Waals surface area contributed by atoms with E-state index in [0.717, 1.165) is 11.9 Å². The van der Waals surface area contributed by atoms with Crippen molar-refractivity contribution in [2.24, 2.45) is 0 Å². The first kappa shape index (κ1) is 13.1. The smallest absolute Gasteiger partial charge is 0.105 e. The van der Waals surface area contributed by atoms with Crippen molar-refractivity contribution in [2.75, 3.05) is 0 Å². The van der Waals surface area contributed by atoms with E-state index in [4.69, 9.17) is 0 Å². The van der Waals surface area contributed by atoms with Gasteiger partial charge in [0.05, 0.1) is 0 Å². The number of aliphatic hydroxyl groups is 1. The van der Waals surface area contributed by atoms with Crippen LogP contribution < -0.4 is 5.32 Å². The van der Waals surface area contributed by atoms with Crippen LogP contribution in [0.25, 0.3) is 10.9 Å². The molecule has 3 nitrogen and oxygen atoms in total. The Morgan fingerprint density at radius 3 is 2.67 bits per heavy atom. The van der Waals surface area contributed by atoms with Gasteiger partial charge in [-0.2, -0.15) is 0 Å². The Bertz CT molecular complexity index is 477. The summed E-state index contributed by atoms with van der Waals surface area (Å²) in [5, 5.41) is 14.3. The number of aromatic nitrogens is 1. The summed E-state index contributed by atoms with van der Waals surface area (Å²) >= 11 is 0. The fraction of sp³-hybridized carbons (Fsp3) is 0.467. The van der Waals surface area contributed by atoms with Crippen LogP contribution in [0.3, 0.4) is 0 Å². The Morgan fingerprint density at radius 1 is 1.28 bits per heavy atom. The Kier molecular flexibility index (Phi) is 3.73. The molecule has 1 heterocycles. The van der Waals surface area contributed by atoms with Crippen LogP contribution in [0.4, 0.5) is 0 Å². The fourth-order valence-electron chi connectivity index (χ4n) is 2.13. The second-order valence-corrected chi connectivity index (χ2v) is 5.83. The Hall–Kier alpha value is -1.32. The lowest BCUT2D eigenvalue weighted by Gasteiger charge is -2.24. The first-order valence-corrected chi connectivity index (χ1v) is 6.46. The van der Waals surface area contributed by atoms with Crippen LogP contribution >= 0.6 is 0 Å². The van der Waals surface area contributed by atoms with Gasteiger partial charge in [-0.15, -0.1) is 0 Å². The van der Waals surface area contributed by atoms with Crippen molar-refractivity contribution in [3.05, 3.63) is 36.0 Å². The molecule has 0 aliphatic heterocycles. The summed E-state index contributed by atoms with van der Waals surface area (Å²) in [7, 11) is 0. The molecule has 2 aromatic rings. The van der Waals surface area contributed by atoms with Crippen LogP contribution in [-0.4, -0.2) is 21.9 Å². The minimum absolute atomic E-state index is 0.0557. The Balaban J connectivity index is 1.94. The number of para-hydroxylation sites is 1. The molecule has 1 aromatic heterocycles. The van der Waals surface area contributed by atoms with Crippen LogP contribution in [0.5, 0.6) is 0 Å². The first-order chi connectivity index (χ1) is 8.44. The second kappa shape index (κ2) is 5.12. The highest BCUT2D eigenvalue weighted by Gasteiger charge is 2.14. The third-order valence-corrected chi connectivity index (χ3v) is 2.87. The summed E-state index contributed by atoms with van der Waals surface area (Å²) in [5.74, 6) is 0. The number of H-pyrrole nitrogens is 1. The van der Waals surface area contributed by atoms with Gasteiger partial charge >= 0.3 is 0 Å². The maximum absolute atomic E-state index is 9.90. The van der Waals surface area contributed by atoms with E-state index < -0.39 is 6.23 Å². The Labute approximate surface area is 108 Å². The molecule has 0 aliphatic rings. The van der Waals surface area contributed by atoms with E-state index in [1.54, 1.807) is 0 Å². The predicted octanol–water partition coefficient (Wildman–Crippen LogP) is 2.81. The molecule has 1 aromatic carbocycles. The summed E-state index contributed by atoms with van der Waals surface area (Å²) < 4.78 is 0. The van der Waals surface area contributed by atoms with Crippen molar-refractivity contribution in [3.8, 4) is 0 Å². The first-order valence-electron chi connectivity index (χ1n) is 6.46. The average molecular weight is 246 g/mol. The number of aromatic amines is 1. The van der Waals surface area contributed by atoms with Crippen molar-refractivity contribution >= 4 is 10.9 Å². The number of hydrogen-bond acceptors (Lipinski definition) is 2. The van der Waals surface area contributed by atoms with E-state index in [0.29, 0.717) is 6.42 Å². The van der Waals surface area contributed by atoms with Crippen LogP contribution in [-0.2, 0) is 6.42 Å². The van der Waals surface area contributed by atoms with Gasteiger partial charge in [-0.05, 0) is 51.1 Å². The number of benzene rings is 1. The molecule has 0 bridgehead atoms. The molecule has 2 rings (SSSR count). The monoisotopic (exact) mass is 246 g/mol. The molecule has 0 radical (unpaired) electrons. The maximum Gasteiger partial charge on any atom is 0.105 e. The van der Waals surface area contributed by atoms with Crippen LogP contribution in [0.2, 0.25) is 0 Å². The Morgan fingerprint density at radius 2 is 2.00 bits per heavy atom. The van der Waals surface area contributed by atoms with Crippen LogP contribution in [0.15, 0.2) is 30.3 Å². The zero-order valence-electron chi connectivity index (χ0n) is 11.3. The molecule has 0 saturated carbocycles. The van der Waals surface area contributed by atoms with Crippen molar-refractivity contribution in [3.63, 3.8) is 0 Å². The normalized spacial score (nSPS) is 14.0. The highest BCUT2D eigenvalue weighted by molar-refractivity contribution is 5.80. The quantitative estimate of drug-likeness (QED) is 0.726. The highest BCUT2D eigenvalue weighted by atomic mass is 16.3. The van der Waals surface area contributed by atoms with Crippen molar-refractivity contribution in [1.82, 2.24) is 10.3 Å². The van der Waals surface area contributed by atoms with Crippen molar-refractivity contribution in [1.29, 1.82) is 0 Å². The maximum atomic E-state index is 9.90. The number of aliphatic hydroxyl groups excluding tert-OH is 1. The minimum Gasteiger partial charge on any atom is -0.379 e. The average Bonchev–Trinajstić information content (AvgIpc) is 2.66. The molecular weight excluding hydrogens is 224 g/mol. The van der Waals surface area contributed by atoms with Gasteiger partial charge in [-0.1, -0.05) is 18.2 Å². The van der Waals surface area contributed by atoms with E-state index in [1.165, 1.54) is 11.1 Å². The molecule has 0 amide bonds. The van der Waals surface area contributed by atoms with Crippen molar-refractivity contribution < 1.29 is 5.11 Å². The molecule has 3 N–H and O–H groups in total. The zero-order valence-corrected chi connectivity index (χ0v) is 11.3. The standard InChI is InChI=1S/C15H22N2O/c1-15(2,3)17-14(18)9-8-12-10-11-6-4-5-7-13(11)16-12/h4-7,10,14,16-18H,8-9H2,1-3H3. The predicted molar refractivity (Wildman–Crippen MR) is 75.5 cm³/mol. The molecule has 98 valence electrons. The fourth-order valence-corrected chi connectivity index (χ4v) is 2.13. The minimum atomic E-state index is -0.462. The molecule has 0 aliphatic carbocycles. The van der Waals surface area contributed by atoms with E-state index in [2.05, 4.69) is 49.3 Å². The third-order valence-electron chi connectivity index (χ3n) is 2.87. The van der Waals surface area contributed by atoms with E-state index in [9.17, 15) is 5.11 Å². The lowest BCUT2D eigenvalue weighted by atomic mass is 10.1. The van der Waals surface area contributed by atoms with Crippen LogP contribution in [0.1, 0.15) is 32.9 Å². The van der Waals surface area contributed by atoms with Gasteiger partial charge in [0, 0.05) is 16.7 Å². The van der Waals surface area contributed by atoms with Gasteiger partial charge in [0.25, 0.3) is 0 Å². The van der Waals surface area contributed by atoms with E-state index in [1.807, 2.05) is 12.1 Å². The molecular formula is C15H22N2O. The summed E-state index contributed by atoms with van der Waals surface area (Å²) in [6.07, 6.45) is 1.10. The number of fused-ring (bicyclic) bond motifs is 1. The molecule has 0 saturated heterocycles. The molecule has 0 spiro atoms. The molecule has 3 heteroatoms. The zero-order chi connectivity index (χ0) is 13.2. The highest BCUT2D eigenvalue weighted by Crippen LogP contribution is 2.16. The molecule has 1 atom stereocenters. The van der Waals surface area contributed by atoms with Gasteiger partial charge in [0.2, 0.25) is 0 Å². The van der Waals surface area contributed by atoms with E-state index >= 15 is 0 Å². The largest absolute Gasteiger partial charge is 0.379 e. The SMILES string of the molecule is CC(C)(C)NC(O)CCc1cc2ccccc2[nH]1. The number of nitrogens with one attached hydrogen (secondary N) is 2. The van der Waals surface area contributed by atoms with Gasteiger partial charge in [-0.3, -0.25) is 5.32 Å². The third kappa shape index (κ3) is 3.59. The molecule has 1 unspecified atom stereocenters. The summed E-state index contributed by atoms with van der Waals surface area (Å²) in [6, 6.07) is 10.4.